The van der Waals surface area contributed by atoms with Crippen LogP contribution < -0.4 is 16.6 Å². The number of nitrogens with zero attached hydrogens (tertiary/aromatic N) is 4. The minimum Gasteiger partial charge on any atom is -0.314 e. The number of benzene rings is 2. The summed E-state index contributed by atoms with van der Waals surface area (Å²) in [6, 6.07) is 21.7. The van der Waals surface area contributed by atoms with Gasteiger partial charge in [-0.15, -0.1) is 0 Å². The number of allylic oxidation sites excluding steroid dienone is 1. The zero-order valence-electron chi connectivity index (χ0n) is 24.5. The third-order valence-corrected chi connectivity index (χ3v) is 7.61. The van der Waals surface area contributed by atoms with Gasteiger partial charge in [0.1, 0.15) is 5.84 Å². The van der Waals surface area contributed by atoms with E-state index in [0.29, 0.717) is 5.92 Å². The van der Waals surface area contributed by atoms with Gasteiger partial charge < -0.3 is 10.7 Å². The second-order valence-electron chi connectivity index (χ2n) is 10.4. The standard InChI is InChI=1S/C21H33N5.C9H10.C2H3N.CHN/c1-3-20(17-6-4-16(2)5-7-17)24-21(25-22)18-8-10-19(11-9-18)26-14-12-23-13-15-26;1-2-4-8(5-3-1)9-6-7-9;1-2-3;1-2/h3-7,18-19,23H,8-15,22H2,1-2H3,(H,24,25);1-5,9H,6-7H2;1H3;1H/b20-3+;;;. The Hall–Kier alpha value is -3.49. The first kappa shape index (κ1) is 32.7. The van der Waals surface area contributed by atoms with Gasteiger partial charge >= 0.3 is 0 Å². The van der Waals surface area contributed by atoms with Crippen LogP contribution in [0.5, 0.6) is 0 Å². The van der Waals surface area contributed by atoms with E-state index < -0.39 is 0 Å². The van der Waals surface area contributed by atoms with Crippen LogP contribution in [0.1, 0.15) is 75.0 Å². The molecule has 2 aromatic carbocycles. The number of nitriles is 2. The Kier molecular flexibility index (Phi) is 15.3. The number of hydrazine groups is 1. The van der Waals surface area contributed by atoms with Crippen molar-refractivity contribution in [3.8, 4) is 12.6 Å². The monoisotopic (exact) mass is 541 g/mol. The fraction of sp³-hybridized carbons (Fsp3) is 0.485. The van der Waals surface area contributed by atoms with Crippen molar-refractivity contribution in [1.29, 1.82) is 10.5 Å². The summed E-state index contributed by atoms with van der Waals surface area (Å²) in [6.07, 6.45) is 9.66. The van der Waals surface area contributed by atoms with E-state index >= 15 is 0 Å². The second-order valence-corrected chi connectivity index (χ2v) is 10.4. The molecular formula is C33H47N7. The zero-order valence-corrected chi connectivity index (χ0v) is 24.5. The maximum Gasteiger partial charge on any atom is 0.119 e. The number of hydrogen-bond acceptors (Lipinski definition) is 6. The average molecular weight is 542 g/mol. The molecule has 4 N–H and O–H groups in total. The third kappa shape index (κ3) is 10.9. The van der Waals surface area contributed by atoms with E-state index in [1.807, 2.05) is 6.92 Å². The normalized spacial score (nSPS) is 21.1. The predicted molar refractivity (Wildman–Crippen MR) is 166 cm³/mol. The molecule has 3 fully saturated rings. The summed E-state index contributed by atoms with van der Waals surface area (Å²) in [4.78, 5) is 7.55. The smallest absolute Gasteiger partial charge is 0.119 e. The molecule has 0 amide bonds. The summed E-state index contributed by atoms with van der Waals surface area (Å²) in [7, 11) is 0. The molecule has 0 unspecified atom stereocenters. The Morgan fingerprint density at radius 3 is 2.08 bits per heavy atom. The molecular weight excluding hydrogens is 494 g/mol. The maximum atomic E-state index is 7.32. The van der Waals surface area contributed by atoms with Crippen LogP contribution in [-0.2, 0) is 0 Å². The van der Waals surface area contributed by atoms with Crippen LogP contribution >= 0.6 is 0 Å². The largest absolute Gasteiger partial charge is 0.314 e. The Labute approximate surface area is 241 Å². The van der Waals surface area contributed by atoms with Gasteiger partial charge in [0.2, 0.25) is 0 Å². The number of rotatable bonds is 5. The summed E-state index contributed by atoms with van der Waals surface area (Å²) in [5, 5.41) is 17.3. The lowest BCUT2D eigenvalue weighted by Crippen LogP contribution is -2.50. The number of amidine groups is 1. The number of hydrogen-bond donors (Lipinski definition) is 3. The summed E-state index contributed by atoms with van der Waals surface area (Å²) >= 11 is 0. The molecule has 1 aliphatic heterocycles. The van der Waals surface area contributed by atoms with E-state index in [9.17, 15) is 0 Å². The van der Waals surface area contributed by atoms with Crippen LogP contribution in [0.4, 0.5) is 0 Å². The second kappa shape index (κ2) is 18.7. The van der Waals surface area contributed by atoms with Gasteiger partial charge in [0.15, 0.2) is 0 Å². The molecule has 0 aromatic heterocycles. The summed E-state index contributed by atoms with van der Waals surface area (Å²) in [6.45, 7) is 13.7. The van der Waals surface area contributed by atoms with Crippen molar-refractivity contribution in [3.05, 3.63) is 77.4 Å². The van der Waals surface area contributed by atoms with Crippen molar-refractivity contribution in [2.45, 2.75) is 71.3 Å². The number of piperazine rings is 1. The highest BCUT2D eigenvalue weighted by Crippen LogP contribution is 2.39. The van der Waals surface area contributed by atoms with Gasteiger partial charge in [0.05, 0.1) is 11.8 Å². The molecule has 3 aliphatic rings. The van der Waals surface area contributed by atoms with Gasteiger partial charge in [-0.3, -0.25) is 4.90 Å². The van der Waals surface area contributed by atoms with Gasteiger partial charge in [-0.05, 0) is 69.4 Å². The van der Waals surface area contributed by atoms with Crippen molar-refractivity contribution in [2.24, 2.45) is 16.8 Å². The van der Waals surface area contributed by atoms with Crippen molar-refractivity contribution in [2.75, 3.05) is 26.2 Å². The highest BCUT2D eigenvalue weighted by molar-refractivity contribution is 5.89. The Morgan fingerprint density at radius 1 is 1.00 bits per heavy atom. The Morgan fingerprint density at radius 2 is 1.57 bits per heavy atom. The molecule has 40 heavy (non-hydrogen) atoms. The van der Waals surface area contributed by atoms with E-state index in [1.54, 1.807) is 6.07 Å². The average Bonchev–Trinajstić information content (AvgIpc) is 3.87. The SMILES string of the molecule is C#N.C/C=C(/N=C(NN)C1CCC(N2CCNCC2)CC1)c1ccc(C)cc1.CC#N.c1ccc(C2CC2)cc1. The van der Waals surface area contributed by atoms with Gasteiger partial charge in [0.25, 0.3) is 0 Å². The third-order valence-electron chi connectivity index (χ3n) is 7.61. The Balaban J connectivity index is 0.000000328. The Bertz CT molecular complexity index is 1080. The van der Waals surface area contributed by atoms with Gasteiger partial charge in [-0.2, -0.15) is 5.26 Å². The molecule has 7 heteroatoms. The first-order valence-corrected chi connectivity index (χ1v) is 14.4. The molecule has 0 radical (unpaired) electrons. The van der Waals surface area contributed by atoms with Crippen molar-refractivity contribution in [1.82, 2.24) is 15.6 Å². The van der Waals surface area contributed by atoms with E-state index in [0.717, 1.165) is 55.0 Å². The van der Waals surface area contributed by atoms with Crippen LogP contribution in [-0.4, -0.2) is 43.0 Å². The van der Waals surface area contributed by atoms with E-state index in [-0.39, 0.29) is 0 Å². The van der Waals surface area contributed by atoms with Crippen LogP contribution in [0.2, 0.25) is 0 Å². The highest BCUT2D eigenvalue weighted by atomic mass is 15.3. The van der Waals surface area contributed by atoms with Crippen molar-refractivity contribution >= 4 is 11.5 Å². The van der Waals surface area contributed by atoms with E-state index in [1.165, 1.54) is 56.8 Å². The van der Waals surface area contributed by atoms with Crippen LogP contribution in [0, 0.1) is 36.0 Å². The topological polar surface area (TPSA) is 113 Å². The minimum absolute atomic E-state index is 0.430. The van der Waals surface area contributed by atoms with Gasteiger partial charge in [-0.25, -0.2) is 16.1 Å². The summed E-state index contributed by atoms with van der Waals surface area (Å²) < 4.78 is 0. The van der Waals surface area contributed by atoms with Gasteiger partial charge in [-0.1, -0.05) is 66.2 Å². The summed E-state index contributed by atoms with van der Waals surface area (Å²) in [5.41, 5.74) is 7.81. The molecule has 1 saturated heterocycles. The first-order chi connectivity index (χ1) is 19.6. The number of nitrogens with two attached hydrogens (primary N) is 1. The zero-order chi connectivity index (χ0) is 29.2. The lowest BCUT2D eigenvalue weighted by Gasteiger charge is -2.39. The molecule has 214 valence electrons. The van der Waals surface area contributed by atoms with Gasteiger partial charge in [0, 0.05) is 51.6 Å². The van der Waals surface area contributed by atoms with Crippen molar-refractivity contribution < 1.29 is 0 Å². The molecule has 0 atom stereocenters. The fourth-order valence-electron chi connectivity index (χ4n) is 5.29. The molecule has 2 aromatic rings. The van der Waals surface area contributed by atoms with Crippen LogP contribution in [0.15, 0.2) is 65.7 Å². The quantitative estimate of drug-likeness (QED) is 0.188. The predicted octanol–water partition coefficient (Wildman–Crippen LogP) is 5.92. The number of aliphatic imine (C=N–C) groups is 1. The number of aryl methyl sites for hydroxylation is 1. The maximum absolute atomic E-state index is 7.32. The van der Waals surface area contributed by atoms with E-state index in [4.69, 9.17) is 21.4 Å². The fourth-order valence-corrected chi connectivity index (χ4v) is 5.29. The minimum atomic E-state index is 0.430. The molecule has 7 nitrogen and oxygen atoms in total. The molecule has 1 heterocycles. The van der Waals surface area contributed by atoms with Crippen molar-refractivity contribution in [3.63, 3.8) is 0 Å². The highest BCUT2D eigenvalue weighted by Gasteiger charge is 2.29. The molecule has 5 rings (SSSR count). The molecule has 0 spiro atoms. The summed E-state index contributed by atoms with van der Waals surface area (Å²) in [5.74, 6) is 8.13. The van der Waals surface area contributed by atoms with E-state index in [2.05, 4.69) is 89.8 Å². The van der Waals surface area contributed by atoms with Crippen LogP contribution in [0.25, 0.3) is 5.70 Å². The molecule has 0 bridgehead atoms. The molecule has 2 saturated carbocycles. The van der Waals surface area contributed by atoms with Crippen LogP contribution in [0.3, 0.4) is 0 Å². The lowest BCUT2D eigenvalue weighted by molar-refractivity contribution is 0.131. The first-order valence-electron chi connectivity index (χ1n) is 14.4. The lowest BCUT2D eigenvalue weighted by atomic mass is 9.84. The molecule has 2 aliphatic carbocycles. The number of nitrogens with one attached hydrogen (secondary N) is 2.